The Hall–Kier alpha value is -3.73. The molecule has 0 aliphatic rings. The second-order valence-electron chi connectivity index (χ2n) is 7.74. The molecule has 0 fully saturated rings. The van der Waals surface area contributed by atoms with E-state index in [4.69, 9.17) is 0 Å². The van der Waals surface area contributed by atoms with Crippen LogP contribution in [0.5, 0.6) is 0 Å². The third kappa shape index (κ3) is 2.90. The Morgan fingerprint density at radius 1 is 0.767 bits per heavy atom. The van der Waals surface area contributed by atoms with E-state index in [2.05, 4.69) is 88.1 Å². The van der Waals surface area contributed by atoms with Gasteiger partial charge in [-0.15, -0.1) is 0 Å². The van der Waals surface area contributed by atoms with Gasteiger partial charge in [0.15, 0.2) is 5.82 Å². The van der Waals surface area contributed by atoms with Gasteiger partial charge in [-0.2, -0.15) is 5.10 Å². The van der Waals surface area contributed by atoms with E-state index >= 15 is 0 Å². The molecule has 5 aromatic rings. The maximum absolute atomic E-state index is 4.67. The van der Waals surface area contributed by atoms with Gasteiger partial charge in [0, 0.05) is 12.6 Å². The van der Waals surface area contributed by atoms with Gasteiger partial charge in [0.25, 0.3) is 0 Å². The van der Waals surface area contributed by atoms with Gasteiger partial charge in [-0.1, -0.05) is 30.3 Å². The zero-order chi connectivity index (χ0) is 20.8. The SMILES string of the molecule is Cc1cc(-c2ccccc2)cc(C)c1-n1ncnc1-c1ccc2c(c1)nc(C)n2C. The molecule has 0 bridgehead atoms. The summed E-state index contributed by atoms with van der Waals surface area (Å²) >= 11 is 0. The number of hydrogen-bond acceptors (Lipinski definition) is 3. The van der Waals surface area contributed by atoms with Crippen molar-refractivity contribution in [3.8, 4) is 28.2 Å². The van der Waals surface area contributed by atoms with Crippen LogP contribution in [0.1, 0.15) is 17.0 Å². The van der Waals surface area contributed by atoms with E-state index in [-0.39, 0.29) is 0 Å². The summed E-state index contributed by atoms with van der Waals surface area (Å²) in [6, 6.07) is 21.2. The standard InChI is InChI=1S/C25H23N5/c1-16-12-21(19-8-6-5-7-9-19)13-17(2)24(16)30-25(26-15-27-30)20-10-11-23-22(14-20)28-18(3)29(23)4/h5-15H,1-4H3. The van der Waals surface area contributed by atoms with Crippen molar-refractivity contribution in [3.05, 3.63) is 83.9 Å². The second kappa shape index (κ2) is 6.95. The smallest absolute Gasteiger partial charge is 0.163 e. The largest absolute Gasteiger partial charge is 0.331 e. The quantitative estimate of drug-likeness (QED) is 0.412. The fraction of sp³-hybridized carbons (Fsp3) is 0.160. The van der Waals surface area contributed by atoms with E-state index in [9.17, 15) is 0 Å². The first-order chi connectivity index (χ1) is 14.5. The molecular weight excluding hydrogens is 370 g/mol. The summed E-state index contributed by atoms with van der Waals surface area (Å²) in [6.07, 6.45) is 1.62. The topological polar surface area (TPSA) is 48.5 Å². The molecule has 0 saturated heterocycles. The Bertz CT molecular complexity index is 1350. The summed E-state index contributed by atoms with van der Waals surface area (Å²) in [5.41, 5.74) is 8.90. The van der Waals surface area contributed by atoms with Crippen molar-refractivity contribution >= 4 is 11.0 Å². The summed E-state index contributed by atoms with van der Waals surface area (Å²) in [6.45, 7) is 6.28. The molecular formula is C25H23N5. The van der Waals surface area contributed by atoms with Crippen LogP contribution >= 0.6 is 0 Å². The molecule has 0 radical (unpaired) electrons. The molecule has 30 heavy (non-hydrogen) atoms. The minimum absolute atomic E-state index is 0.818. The van der Waals surface area contributed by atoms with Crippen LogP contribution in [0.3, 0.4) is 0 Å². The lowest BCUT2D eigenvalue weighted by Crippen LogP contribution is -2.05. The van der Waals surface area contributed by atoms with Crippen molar-refractivity contribution in [2.45, 2.75) is 20.8 Å². The van der Waals surface area contributed by atoms with Gasteiger partial charge in [0.2, 0.25) is 0 Å². The van der Waals surface area contributed by atoms with Crippen molar-refractivity contribution < 1.29 is 0 Å². The molecule has 0 unspecified atom stereocenters. The highest BCUT2D eigenvalue weighted by Crippen LogP contribution is 2.30. The molecule has 0 amide bonds. The molecule has 2 heterocycles. The van der Waals surface area contributed by atoms with E-state index in [1.165, 1.54) is 11.1 Å². The van der Waals surface area contributed by atoms with Crippen molar-refractivity contribution in [3.63, 3.8) is 0 Å². The van der Waals surface area contributed by atoms with Crippen LogP contribution in [0, 0.1) is 20.8 Å². The second-order valence-corrected chi connectivity index (χ2v) is 7.74. The van der Waals surface area contributed by atoms with Gasteiger partial charge in [-0.3, -0.25) is 0 Å². The maximum Gasteiger partial charge on any atom is 0.163 e. The molecule has 0 aliphatic heterocycles. The van der Waals surface area contributed by atoms with E-state index in [0.717, 1.165) is 45.1 Å². The molecule has 148 valence electrons. The Labute approximate surface area is 175 Å². The van der Waals surface area contributed by atoms with E-state index in [1.54, 1.807) is 6.33 Å². The number of imidazole rings is 1. The highest BCUT2D eigenvalue weighted by Gasteiger charge is 2.16. The Kier molecular flexibility index (Phi) is 4.24. The number of rotatable bonds is 3. The van der Waals surface area contributed by atoms with Crippen LogP contribution in [-0.4, -0.2) is 24.3 Å². The minimum Gasteiger partial charge on any atom is -0.331 e. The van der Waals surface area contributed by atoms with Gasteiger partial charge >= 0.3 is 0 Å². The van der Waals surface area contributed by atoms with Gasteiger partial charge in [-0.25, -0.2) is 14.6 Å². The zero-order valence-corrected chi connectivity index (χ0v) is 17.6. The lowest BCUT2D eigenvalue weighted by atomic mass is 9.99. The van der Waals surface area contributed by atoms with Crippen molar-refractivity contribution in [1.82, 2.24) is 24.3 Å². The Balaban J connectivity index is 1.63. The van der Waals surface area contributed by atoms with E-state index in [0.29, 0.717) is 0 Å². The summed E-state index contributed by atoms with van der Waals surface area (Å²) < 4.78 is 4.04. The van der Waals surface area contributed by atoms with Crippen LogP contribution in [0.25, 0.3) is 39.2 Å². The van der Waals surface area contributed by atoms with E-state index < -0.39 is 0 Å². The predicted octanol–water partition coefficient (Wildman–Crippen LogP) is 5.41. The molecule has 5 heteroatoms. The average Bonchev–Trinajstić information content (AvgIpc) is 3.33. The summed E-state index contributed by atoms with van der Waals surface area (Å²) in [4.78, 5) is 9.25. The molecule has 0 atom stereocenters. The number of fused-ring (bicyclic) bond motifs is 1. The average molecular weight is 393 g/mol. The maximum atomic E-state index is 4.67. The monoisotopic (exact) mass is 393 g/mol. The highest BCUT2D eigenvalue weighted by atomic mass is 15.3. The minimum atomic E-state index is 0.818. The molecule has 0 N–H and O–H groups in total. The van der Waals surface area contributed by atoms with Crippen LogP contribution in [0.2, 0.25) is 0 Å². The summed E-state index contributed by atoms with van der Waals surface area (Å²) in [7, 11) is 2.04. The summed E-state index contributed by atoms with van der Waals surface area (Å²) in [5.74, 6) is 1.81. The number of aromatic nitrogens is 5. The van der Waals surface area contributed by atoms with Crippen molar-refractivity contribution in [2.24, 2.45) is 7.05 Å². The molecule has 5 rings (SSSR count). The predicted molar refractivity (Wildman–Crippen MR) is 121 cm³/mol. The molecule has 2 aromatic heterocycles. The number of hydrogen-bond donors (Lipinski definition) is 0. The zero-order valence-electron chi connectivity index (χ0n) is 17.6. The summed E-state index contributed by atoms with van der Waals surface area (Å²) in [5, 5.41) is 4.57. The molecule has 0 aliphatic carbocycles. The highest BCUT2D eigenvalue weighted by molar-refractivity contribution is 5.81. The first-order valence-electron chi connectivity index (χ1n) is 10.0. The lowest BCUT2D eigenvalue weighted by molar-refractivity contribution is 0.871. The van der Waals surface area contributed by atoms with Crippen LogP contribution < -0.4 is 0 Å². The van der Waals surface area contributed by atoms with Gasteiger partial charge in [-0.05, 0) is 73.4 Å². The number of aryl methyl sites for hydroxylation is 4. The third-order valence-corrected chi connectivity index (χ3v) is 5.72. The van der Waals surface area contributed by atoms with Gasteiger partial charge in [0.1, 0.15) is 12.2 Å². The molecule has 0 spiro atoms. The van der Waals surface area contributed by atoms with Crippen molar-refractivity contribution in [1.29, 1.82) is 0 Å². The van der Waals surface area contributed by atoms with Crippen molar-refractivity contribution in [2.75, 3.05) is 0 Å². The molecule has 5 nitrogen and oxygen atoms in total. The number of nitrogens with zero attached hydrogens (tertiary/aromatic N) is 5. The molecule has 0 saturated carbocycles. The molecule has 3 aromatic carbocycles. The van der Waals surface area contributed by atoms with Crippen LogP contribution in [0.4, 0.5) is 0 Å². The first kappa shape index (κ1) is 18.3. The van der Waals surface area contributed by atoms with E-state index in [1.807, 2.05) is 24.7 Å². The Morgan fingerprint density at radius 2 is 1.50 bits per heavy atom. The van der Waals surface area contributed by atoms with Crippen LogP contribution in [-0.2, 0) is 7.05 Å². The fourth-order valence-corrected chi connectivity index (χ4v) is 4.15. The lowest BCUT2D eigenvalue weighted by Gasteiger charge is -2.15. The fourth-order valence-electron chi connectivity index (χ4n) is 4.15. The van der Waals surface area contributed by atoms with Gasteiger partial charge < -0.3 is 4.57 Å². The van der Waals surface area contributed by atoms with Crippen LogP contribution in [0.15, 0.2) is 67.0 Å². The Morgan fingerprint density at radius 3 is 2.23 bits per heavy atom. The normalized spacial score (nSPS) is 11.3. The number of benzene rings is 3. The third-order valence-electron chi connectivity index (χ3n) is 5.72. The van der Waals surface area contributed by atoms with Gasteiger partial charge in [0.05, 0.1) is 16.7 Å². The first-order valence-corrected chi connectivity index (χ1v) is 10.0.